The number of hydrogen-bond acceptors (Lipinski definition) is 3. The number of rotatable bonds is 2. The molecule has 0 aromatic heterocycles. The Morgan fingerprint density at radius 2 is 1.80 bits per heavy atom. The molecule has 2 saturated heterocycles. The molecule has 0 bridgehead atoms. The van der Waals surface area contributed by atoms with Crippen LogP contribution in [0.5, 0.6) is 0 Å². The minimum atomic E-state index is 0.0710. The Balaban J connectivity index is 1.56. The van der Waals surface area contributed by atoms with E-state index >= 15 is 0 Å². The molecule has 4 rings (SSSR count). The van der Waals surface area contributed by atoms with Gasteiger partial charge in [0.05, 0.1) is 0 Å². The van der Waals surface area contributed by atoms with Crippen LogP contribution in [0.3, 0.4) is 0 Å². The van der Waals surface area contributed by atoms with Crippen molar-refractivity contribution in [2.45, 2.75) is 51.1 Å². The van der Waals surface area contributed by atoms with Gasteiger partial charge in [0.1, 0.15) is 0 Å². The summed E-state index contributed by atoms with van der Waals surface area (Å²) in [4.78, 5) is 31.2. The molecule has 0 N–H and O–H groups in total. The fraction of sp³-hybridized carbons (Fsp3) is 0.600. The summed E-state index contributed by atoms with van der Waals surface area (Å²) in [6.07, 6.45) is 5.49. The first kappa shape index (κ1) is 16.6. The highest BCUT2D eigenvalue weighted by molar-refractivity contribution is 5.98. The second kappa shape index (κ2) is 6.45. The number of carbonyl (C=O) groups is 2. The number of fused-ring (bicyclic) bond motifs is 1. The van der Waals surface area contributed by atoms with Gasteiger partial charge in [0.2, 0.25) is 5.91 Å². The summed E-state index contributed by atoms with van der Waals surface area (Å²) >= 11 is 0. The maximum Gasteiger partial charge on any atom is 0.254 e. The summed E-state index contributed by atoms with van der Waals surface area (Å²) in [6, 6.07) is 6.71. The molecule has 5 heteroatoms. The van der Waals surface area contributed by atoms with Crippen LogP contribution in [0, 0.1) is 0 Å². The van der Waals surface area contributed by atoms with Gasteiger partial charge in [0, 0.05) is 43.3 Å². The summed E-state index contributed by atoms with van der Waals surface area (Å²) in [5, 5.41) is 0. The van der Waals surface area contributed by atoms with Crippen LogP contribution in [-0.4, -0.2) is 60.4 Å². The Morgan fingerprint density at radius 3 is 2.52 bits per heavy atom. The lowest BCUT2D eigenvalue weighted by atomic mass is 10.0. The van der Waals surface area contributed by atoms with E-state index in [-0.39, 0.29) is 11.8 Å². The van der Waals surface area contributed by atoms with Crippen LogP contribution in [0.1, 0.15) is 48.5 Å². The van der Waals surface area contributed by atoms with Gasteiger partial charge in [0.15, 0.2) is 0 Å². The summed E-state index contributed by atoms with van der Waals surface area (Å²) < 4.78 is 0. The third kappa shape index (κ3) is 2.84. The smallest absolute Gasteiger partial charge is 0.254 e. The van der Waals surface area contributed by atoms with E-state index in [1.54, 1.807) is 11.8 Å². The van der Waals surface area contributed by atoms with Gasteiger partial charge in [-0.1, -0.05) is 0 Å². The number of anilines is 1. The summed E-state index contributed by atoms with van der Waals surface area (Å²) in [6.45, 7) is 4.33. The van der Waals surface area contributed by atoms with Crippen LogP contribution in [0.2, 0.25) is 0 Å². The Kier molecular flexibility index (Phi) is 4.28. The number of hydrogen-bond donors (Lipinski definition) is 0. The van der Waals surface area contributed by atoms with Crippen molar-refractivity contribution < 1.29 is 9.59 Å². The average molecular weight is 341 g/mol. The first-order chi connectivity index (χ1) is 12.1. The molecule has 1 aromatic carbocycles. The second-order valence-corrected chi connectivity index (χ2v) is 7.66. The Labute approximate surface area is 149 Å². The molecule has 3 aliphatic heterocycles. The number of nitrogens with zero attached hydrogens (tertiary/aromatic N) is 3. The molecule has 134 valence electrons. The summed E-state index contributed by atoms with van der Waals surface area (Å²) in [5.41, 5.74) is 2.86. The molecule has 0 unspecified atom stereocenters. The fourth-order valence-electron chi connectivity index (χ4n) is 4.89. The van der Waals surface area contributed by atoms with Crippen molar-refractivity contribution in [3.63, 3.8) is 0 Å². The van der Waals surface area contributed by atoms with E-state index in [4.69, 9.17) is 0 Å². The predicted octanol–water partition coefficient (Wildman–Crippen LogP) is 2.29. The van der Waals surface area contributed by atoms with Crippen molar-refractivity contribution in [3.8, 4) is 0 Å². The predicted molar refractivity (Wildman–Crippen MR) is 97.9 cm³/mol. The molecule has 2 amide bonds. The quantitative estimate of drug-likeness (QED) is 0.829. The molecule has 5 nitrogen and oxygen atoms in total. The van der Waals surface area contributed by atoms with Crippen molar-refractivity contribution >= 4 is 17.5 Å². The molecule has 25 heavy (non-hydrogen) atoms. The van der Waals surface area contributed by atoms with E-state index < -0.39 is 0 Å². The monoisotopic (exact) mass is 341 g/mol. The Hall–Kier alpha value is -1.88. The zero-order valence-electron chi connectivity index (χ0n) is 15.2. The fourth-order valence-corrected chi connectivity index (χ4v) is 4.89. The molecule has 2 fully saturated rings. The lowest BCUT2D eigenvalue weighted by Gasteiger charge is -2.33. The van der Waals surface area contributed by atoms with Gasteiger partial charge >= 0.3 is 0 Å². The molecule has 0 radical (unpaired) electrons. The van der Waals surface area contributed by atoms with Crippen molar-refractivity contribution in [2.24, 2.45) is 0 Å². The van der Waals surface area contributed by atoms with Gasteiger partial charge in [0.25, 0.3) is 5.91 Å². The lowest BCUT2D eigenvalue weighted by molar-refractivity contribution is -0.116. The highest BCUT2D eigenvalue weighted by Gasteiger charge is 2.38. The van der Waals surface area contributed by atoms with Gasteiger partial charge in [-0.05, 0) is 69.5 Å². The van der Waals surface area contributed by atoms with Gasteiger partial charge in [-0.25, -0.2) is 0 Å². The highest BCUT2D eigenvalue weighted by Crippen LogP contribution is 2.32. The lowest BCUT2D eigenvalue weighted by Crippen LogP contribution is -2.47. The van der Waals surface area contributed by atoms with Gasteiger partial charge in [-0.15, -0.1) is 0 Å². The van der Waals surface area contributed by atoms with Crippen molar-refractivity contribution in [2.75, 3.05) is 31.6 Å². The van der Waals surface area contributed by atoms with Crippen molar-refractivity contribution in [1.29, 1.82) is 0 Å². The standard InChI is InChI=1S/C20H27N3O2/c1-14(24)22-12-9-15-13-16(7-8-17(15)22)20(25)23-11-4-6-19(23)18-5-3-10-21(18)2/h7-8,13,18-19H,3-6,9-12H2,1-2H3/t18-,19+/m0/s1. The van der Waals surface area contributed by atoms with E-state index in [0.717, 1.165) is 55.7 Å². The van der Waals surface area contributed by atoms with Crippen LogP contribution in [0.25, 0.3) is 0 Å². The maximum absolute atomic E-state index is 13.2. The third-order valence-corrected chi connectivity index (χ3v) is 6.18. The topological polar surface area (TPSA) is 43.9 Å². The Bertz CT molecular complexity index is 702. The van der Waals surface area contributed by atoms with Crippen LogP contribution < -0.4 is 4.90 Å². The van der Waals surface area contributed by atoms with E-state index in [9.17, 15) is 9.59 Å². The zero-order chi connectivity index (χ0) is 17.6. The average Bonchev–Trinajstić information content (AvgIpc) is 3.31. The van der Waals surface area contributed by atoms with E-state index in [1.807, 2.05) is 18.2 Å². The molecular weight excluding hydrogens is 314 g/mol. The summed E-state index contributed by atoms with van der Waals surface area (Å²) in [5.74, 6) is 0.230. The largest absolute Gasteiger partial charge is 0.334 e. The van der Waals surface area contributed by atoms with E-state index in [0.29, 0.717) is 12.1 Å². The van der Waals surface area contributed by atoms with Gasteiger partial charge < -0.3 is 14.7 Å². The van der Waals surface area contributed by atoms with Crippen molar-refractivity contribution in [3.05, 3.63) is 29.3 Å². The van der Waals surface area contributed by atoms with Gasteiger partial charge in [-0.2, -0.15) is 0 Å². The second-order valence-electron chi connectivity index (χ2n) is 7.66. The number of benzene rings is 1. The van der Waals surface area contributed by atoms with E-state index in [1.165, 1.54) is 12.8 Å². The highest BCUT2D eigenvalue weighted by atomic mass is 16.2. The maximum atomic E-state index is 13.2. The first-order valence-electron chi connectivity index (χ1n) is 9.48. The van der Waals surface area contributed by atoms with Crippen LogP contribution >= 0.6 is 0 Å². The molecule has 0 spiro atoms. The van der Waals surface area contributed by atoms with Gasteiger partial charge in [-0.3, -0.25) is 9.59 Å². The normalized spacial score (nSPS) is 26.3. The third-order valence-electron chi connectivity index (χ3n) is 6.18. The molecule has 0 saturated carbocycles. The number of amides is 2. The zero-order valence-corrected chi connectivity index (χ0v) is 15.2. The van der Waals surface area contributed by atoms with E-state index in [2.05, 4.69) is 16.8 Å². The summed E-state index contributed by atoms with van der Waals surface area (Å²) in [7, 11) is 2.18. The number of carbonyl (C=O) groups excluding carboxylic acids is 2. The van der Waals surface area contributed by atoms with Crippen molar-refractivity contribution in [1.82, 2.24) is 9.80 Å². The molecular formula is C20H27N3O2. The minimum Gasteiger partial charge on any atom is -0.334 e. The molecule has 2 atom stereocenters. The molecule has 3 aliphatic rings. The van der Waals surface area contributed by atoms with Crippen LogP contribution in [0.15, 0.2) is 18.2 Å². The van der Waals surface area contributed by atoms with Crippen LogP contribution in [-0.2, 0) is 11.2 Å². The molecule has 0 aliphatic carbocycles. The number of likely N-dealkylation sites (tertiary alicyclic amines) is 2. The Morgan fingerprint density at radius 1 is 1.04 bits per heavy atom. The molecule has 1 aromatic rings. The minimum absolute atomic E-state index is 0.0710. The molecule has 3 heterocycles. The van der Waals surface area contributed by atoms with Crippen LogP contribution in [0.4, 0.5) is 5.69 Å². The SMILES string of the molecule is CC(=O)N1CCc2cc(C(=O)N3CCC[C@@H]3[C@@H]3CCCN3C)ccc21. The first-order valence-corrected chi connectivity index (χ1v) is 9.48. The number of likely N-dealkylation sites (N-methyl/N-ethyl adjacent to an activating group) is 1.